The molecule has 62 valence electrons. The van der Waals surface area contributed by atoms with Gasteiger partial charge in [0.05, 0.1) is 6.54 Å². The Bertz CT molecular complexity index is 309. The molecule has 0 fully saturated rings. The summed E-state index contributed by atoms with van der Waals surface area (Å²) >= 11 is 4.18. The molecule has 2 heteroatoms. The molecule has 0 aliphatic carbocycles. The number of nitrogens with two attached hydrogens (primary N) is 1. The van der Waals surface area contributed by atoms with E-state index < -0.39 is 0 Å². The second-order valence-electron chi connectivity index (χ2n) is 2.36. The van der Waals surface area contributed by atoms with Crippen LogP contribution in [0.25, 0.3) is 0 Å². The summed E-state index contributed by atoms with van der Waals surface area (Å²) in [5.74, 6) is 6.53. The Labute approximate surface area is 78.4 Å². The molecule has 0 unspecified atom stereocenters. The van der Waals surface area contributed by atoms with Gasteiger partial charge in [-0.15, -0.1) is 0 Å². The maximum Gasteiger partial charge on any atom is 0.0555 e. The summed E-state index contributed by atoms with van der Waals surface area (Å²) in [6.45, 7) is 0.408. The second-order valence-corrected chi connectivity index (χ2v) is 2.68. The predicted molar refractivity (Wildman–Crippen MR) is 55.1 cm³/mol. The standard InChI is InChI=1S/C10H11NS/c11-6-2-5-9-3-1-4-10(7-9)8-12/h1,3-4,7,12H,6,8,11H2. The van der Waals surface area contributed by atoms with Crippen LogP contribution in [0.3, 0.4) is 0 Å². The van der Waals surface area contributed by atoms with Crippen LogP contribution in [-0.4, -0.2) is 6.54 Å². The summed E-state index contributed by atoms with van der Waals surface area (Å²) in [6, 6.07) is 8.00. The molecule has 0 saturated heterocycles. The van der Waals surface area contributed by atoms with Gasteiger partial charge in [0.25, 0.3) is 0 Å². The molecule has 2 N–H and O–H groups in total. The van der Waals surface area contributed by atoms with Crippen LogP contribution in [0.1, 0.15) is 11.1 Å². The first-order chi connectivity index (χ1) is 5.86. The van der Waals surface area contributed by atoms with Crippen LogP contribution in [-0.2, 0) is 5.75 Å². The molecule has 0 aliphatic rings. The molecule has 0 spiro atoms. The molecule has 12 heavy (non-hydrogen) atoms. The van der Waals surface area contributed by atoms with Crippen molar-refractivity contribution in [2.45, 2.75) is 5.75 Å². The fraction of sp³-hybridized carbons (Fsp3) is 0.200. The van der Waals surface area contributed by atoms with Crippen LogP contribution in [0.15, 0.2) is 24.3 Å². The van der Waals surface area contributed by atoms with Crippen molar-refractivity contribution in [1.29, 1.82) is 0 Å². The third-order valence-corrected chi connectivity index (χ3v) is 1.81. The molecule has 0 radical (unpaired) electrons. The van der Waals surface area contributed by atoms with Crippen molar-refractivity contribution >= 4 is 12.6 Å². The van der Waals surface area contributed by atoms with E-state index >= 15 is 0 Å². The lowest BCUT2D eigenvalue weighted by atomic mass is 10.1. The third-order valence-electron chi connectivity index (χ3n) is 1.44. The first-order valence-corrected chi connectivity index (χ1v) is 4.39. The Balaban J connectivity index is 2.86. The molecule has 1 nitrogen and oxygen atoms in total. The van der Waals surface area contributed by atoms with E-state index in [1.807, 2.05) is 24.3 Å². The van der Waals surface area contributed by atoms with Crippen molar-refractivity contribution in [3.63, 3.8) is 0 Å². The number of benzene rings is 1. The molecule has 0 aromatic heterocycles. The lowest BCUT2D eigenvalue weighted by molar-refractivity contribution is 1.30. The van der Waals surface area contributed by atoms with Crippen LogP contribution in [0.2, 0.25) is 0 Å². The van der Waals surface area contributed by atoms with Gasteiger partial charge >= 0.3 is 0 Å². The Morgan fingerprint density at radius 3 is 2.92 bits per heavy atom. The van der Waals surface area contributed by atoms with E-state index in [2.05, 4.69) is 24.5 Å². The van der Waals surface area contributed by atoms with E-state index in [9.17, 15) is 0 Å². The molecule has 1 aromatic carbocycles. The van der Waals surface area contributed by atoms with Crippen LogP contribution in [0, 0.1) is 11.8 Å². The monoisotopic (exact) mass is 177 g/mol. The maximum atomic E-state index is 5.26. The van der Waals surface area contributed by atoms with Crippen LogP contribution >= 0.6 is 12.6 Å². The van der Waals surface area contributed by atoms with E-state index in [1.165, 1.54) is 5.56 Å². The average molecular weight is 177 g/mol. The zero-order valence-electron chi connectivity index (χ0n) is 6.75. The Hall–Kier alpha value is -0.910. The molecule has 0 atom stereocenters. The van der Waals surface area contributed by atoms with Crippen LogP contribution in [0.4, 0.5) is 0 Å². The predicted octanol–water partition coefficient (Wildman–Crippen LogP) is 1.43. The molecular weight excluding hydrogens is 166 g/mol. The maximum absolute atomic E-state index is 5.26. The van der Waals surface area contributed by atoms with E-state index in [0.29, 0.717) is 6.54 Å². The molecule has 0 saturated carbocycles. The highest BCUT2D eigenvalue weighted by atomic mass is 32.1. The lowest BCUT2D eigenvalue weighted by Gasteiger charge is -1.95. The van der Waals surface area contributed by atoms with Crippen molar-refractivity contribution in [3.05, 3.63) is 35.4 Å². The normalized spacial score (nSPS) is 8.83. The smallest absolute Gasteiger partial charge is 0.0555 e. The molecular formula is C10H11NS. The van der Waals surface area contributed by atoms with Gasteiger partial charge in [-0.05, 0) is 17.7 Å². The van der Waals surface area contributed by atoms with Crippen molar-refractivity contribution in [3.8, 4) is 11.8 Å². The average Bonchev–Trinajstić information content (AvgIpc) is 2.15. The van der Waals surface area contributed by atoms with Gasteiger partial charge in [-0.2, -0.15) is 12.6 Å². The van der Waals surface area contributed by atoms with Crippen molar-refractivity contribution in [2.75, 3.05) is 6.54 Å². The van der Waals surface area contributed by atoms with E-state index in [1.54, 1.807) is 0 Å². The highest BCUT2D eigenvalue weighted by Gasteiger charge is 1.89. The summed E-state index contributed by atoms with van der Waals surface area (Å²) in [4.78, 5) is 0. The fourth-order valence-corrected chi connectivity index (χ4v) is 1.10. The van der Waals surface area contributed by atoms with Gasteiger partial charge in [-0.25, -0.2) is 0 Å². The second kappa shape index (κ2) is 4.87. The minimum Gasteiger partial charge on any atom is -0.320 e. The molecule has 0 heterocycles. The van der Waals surface area contributed by atoms with Crippen molar-refractivity contribution in [2.24, 2.45) is 5.73 Å². The van der Waals surface area contributed by atoms with Gasteiger partial charge in [-0.3, -0.25) is 0 Å². The number of thiol groups is 1. The Morgan fingerprint density at radius 1 is 1.42 bits per heavy atom. The summed E-state index contributed by atoms with van der Waals surface area (Å²) < 4.78 is 0. The Kier molecular flexibility index (Phi) is 3.72. The van der Waals surface area contributed by atoms with E-state index in [-0.39, 0.29) is 0 Å². The summed E-state index contributed by atoms with van der Waals surface area (Å²) in [6.07, 6.45) is 0. The SMILES string of the molecule is NCC#Cc1cccc(CS)c1. The van der Waals surface area contributed by atoms with Crippen molar-refractivity contribution in [1.82, 2.24) is 0 Å². The molecule has 0 amide bonds. The largest absolute Gasteiger partial charge is 0.320 e. The van der Waals surface area contributed by atoms with Crippen LogP contribution < -0.4 is 5.73 Å². The van der Waals surface area contributed by atoms with Gasteiger partial charge in [-0.1, -0.05) is 24.0 Å². The summed E-state index contributed by atoms with van der Waals surface area (Å²) in [5.41, 5.74) is 7.45. The quantitative estimate of drug-likeness (QED) is 0.492. The van der Waals surface area contributed by atoms with Gasteiger partial charge in [0.1, 0.15) is 0 Å². The lowest BCUT2D eigenvalue weighted by Crippen LogP contribution is -1.93. The summed E-state index contributed by atoms with van der Waals surface area (Å²) in [5, 5.41) is 0. The number of rotatable bonds is 1. The molecule has 1 rings (SSSR count). The minimum atomic E-state index is 0.408. The highest BCUT2D eigenvalue weighted by molar-refractivity contribution is 7.79. The summed E-state index contributed by atoms with van der Waals surface area (Å²) in [7, 11) is 0. The third kappa shape index (κ3) is 2.61. The van der Waals surface area contributed by atoms with Crippen LogP contribution in [0.5, 0.6) is 0 Å². The van der Waals surface area contributed by atoms with E-state index in [0.717, 1.165) is 11.3 Å². The zero-order chi connectivity index (χ0) is 8.81. The van der Waals surface area contributed by atoms with Gasteiger partial charge < -0.3 is 5.73 Å². The highest BCUT2D eigenvalue weighted by Crippen LogP contribution is 2.05. The van der Waals surface area contributed by atoms with Crippen molar-refractivity contribution < 1.29 is 0 Å². The first-order valence-electron chi connectivity index (χ1n) is 3.75. The fourth-order valence-electron chi connectivity index (χ4n) is 0.901. The van der Waals surface area contributed by atoms with E-state index in [4.69, 9.17) is 5.73 Å². The topological polar surface area (TPSA) is 26.0 Å². The first kappa shape index (κ1) is 9.18. The van der Waals surface area contributed by atoms with Gasteiger partial charge in [0, 0.05) is 11.3 Å². The molecule has 0 bridgehead atoms. The number of hydrogen-bond donors (Lipinski definition) is 2. The minimum absolute atomic E-state index is 0.408. The molecule has 1 aromatic rings. The Morgan fingerprint density at radius 2 is 2.25 bits per heavy atom. The van der Waals surface area contributed by atoms with Gasteiger partial charge in [0.15, 0.2) is 0 Å². The zero-order valence-corrected chi connectivity index (χ0v) is 7.64. The molecule has 0 aliphatic heterocycles. The number of hydrogen-bond acceptors (Lipinski definition) is 2. The van der Waals surface area contributed by atoms with Gasteiger partial charge in [0.2, 0.25) is 0 Å².